The Morgan fingerprint density at radius 1 is 1.04 bits per heavy atom. The smallest absolute Gasteiger partial charge is 0.231 e. The van der Waals surface area contributed by atoms with Gasteiger partial charge >= 0.3 is 0 Å². The molecule has 3 heterocycles. The molecule has 0 saturated heterocycles. The first-order valence-electron chi connectivity index (χ1n) is 7.90. The molecule has 0 bridgehead atoms. The van der Waals surface area contributed by atoms with Gasteiger partial charge < -0.3 is 19.7 Å². The van der Waals surface area contributed by atoms with E-state index < -0.39 is 0 Å². The van der Waals surface area contributed by atoms with Gasteiger partial charge in [-0.1, -0.05) is 6.07 Å². The highest BCUT2D eigenvalue weighted by atomic mass is 16.7. The second kappa shape index (κ2) is 4.55. The maximum Gasteiger partial charge on any atom is 0.231 e. The van der Waals surface area contributed by atoms with Gasteiger partial charge in [-0.05, 0) is 47.7 Å². The Labute approximate surface area is 133 Å². The molecule has 2 aromatic rings. The molecule has 1 atom stereocenters. The third-order valence-electron chi connectivity index (χ3n) is 5.24. The maximum absolute atomic E-state index is 10.1. The molecule has 5 nitrogen and oxygen atoms in total. The molecule has 0 radical (unpaired) electrons. The third-order valence-corrected chi connectivity index (χ3v) is 5.24. The van der Waals surface area contributed by atoms with E-state index in [1.54, 1.807) is 6.07 Å². The topological polar surface area (TPSA) is 62.2 Å². The van der Waals surface area contributed by atoms with E-state index in [4.69, 9.17) is 9.47 Å². The average Bonchev–Trinajstić information content (AvgIpc) is 3.02. The predicted molar refractivity (Wildman–Crippen MR) is 82.9 cm³/mol. The molecule has 5 rings (SSSR count). The van der Waals surface area contributed by atoms with Gasteiger partial charge in [0, 0.05) is 24.7 Å². The summed E-state index contributed by atoms with van der Waals surface area (Å²) in [6.45, 7) is 1.89. The van der Waals surface area contributed by atoms with Gasteiger partial charge in [0.05, 0.1) is 0 Å². The van der Waals surface area contributed by atoms with Crippen LogP contribution >= 0.6 is 0 Å². The number of aromatic hydroxyl groups is 2. The van der Waals surface area contributed by atoms with Gasteiger partial charge in [-0.2, -0.15) is 0 Å². The SMILES string of the molecule is Oc1ccc2c(c1O)CN1CCc3cc4c(cc3C1C2)OCO4. The molecule has 2 N–H and O–H groups in total. The Morgan fingerprint density at radius 2 is 1.87 bits per heavy atom. The Morgan fingerprint density at radius 3 is 2.74 bits per heavy atom. The van der Waals surface area contributed by atoms with Crippen LogP contribution in [0, 0.1) is 0 Å². The quantitative estimate of drug-likeness (QED) is 0.732. The molecular weight excluding hydrogens is 294 g/mol. The molecule has 0 saturated carbocycles. The van der Waals surface area contributed by atoms with E-state index in [0.717, 1.165) is 42.0 Å². The Kier molecular flexibility index (Phi) is 2.59. The number of phenolic OH excluding ortho intramolecular Hbond substituents is 2. The Balaban J connectivity index is 1.60. The number of fused-ring (bicyclic) bond motifs is 5. The molecule has 118 valence electrons. The number of nitrogens with zero attached hydrogens (tertiary/aromatic N) is 1. The number of rotatable bonds is 0. The zero-order valence-electron chi connectivity index (χ0n) is 12.6. The molecule has 1 unspecified atom stereocenters. The van der Waals surface area contributed by atoms with E-state index in [1.165, 1.54) is 11.1 Å². The summed E-state index contributed by atoms with van der Waals surface area (Å²) in [5.74, 6) is 1.65. The van der Waals surface area contributed by atoms with Crippen LogP contribution in [0.1, 0.15) is 28.3 Å². The van der Waals surface area contributed by atoms with Crippen molar-refractivity contribution < 1.29 is 19.7 Å². The first-order chi connectivity index (χ1) is 11.2. The molecule has 0 aromatic heterocycles. The van der Waals surface area contributed by atoms with Crippen LogP contribution in [0.3, 0.4) is 0 Å². The third kappa shape index (κ3) is 1.83. The van der Waals surface area contributed by atoms with E-state index in [1.807, 2.05) is 6.07 Å². The van der Waals surface area contributed by atoms with Crippen molar-refractivity contribution in [3.05, 3.63) is 46.5 Å². The lowest BCUT2D eigenvalue weighted by Crippen LogP contribution is -2.39. The van der Waals surface area contributed by atoms with Crippen molar-refractivity contribution in [3.63, 3.8) is 0 Å². The zero-order valence-corrected chi connectivity index (χ0v) is 12.6. The molecule has 5 heteroatoms. The highest BCUT2D eigenvalue weighted by Gasteiger charge is 2.35. The highest BCUT2D eigenvalue weighted by Crippen LogP contribution is 2.46. The minimum absolute atomic E-state index is 0.0254. The summed E-state index contributed by atoms with van der Waals surface area (Å²) in [5, 5.41) is 19.9. The summed E-state index contributed by atoms with van der Waals surface area (Å²) in [6.07, 6.45) is 1.78. The molecule has 3 aliphatic heterocycles. The van der Waals surface area contributed by atoms with Crippen molar-refractivity contribution in [2.45, 2.75) is 25.4 Å². The second-order valence-corrected chi connectivity index (χ2v) is 6.42. The fraction of sp³-hybridized carbons (Fsp3) is 0.333. The molecule has 0 fully saturated rings. The van der Waals surface area contributed by atoms with Crippen LogP contribution in [0.4, 0.5) is 0 Å². The molecular formula is C18H17NO4. The molecule has 0 spiro atoms. The van der Waals surface area contributed by atoms with Crippen LogP contribution in [0.2, 0.25) is 0 Å². The number of ether oxygens (including phenoxy) is 2. The molecule has 0 aliphatic carbocycles. The Hall–Kier alpha value is -2.40. The summed E-state index contributed by atoms with van der Waals surface area (Å²) in [4.78, 5) is 2.37. The van der Waals surface area contributed by atoms with Gasteiger partial charge in [-0.3, -0.25) is 4.90 Å². The summed E-state index contributed by atoms with van der Waals surface area (Å²) in [5.41, 5.74) is 4.57. The lowest BCUT2D eigenvalue weighted by Gasteiger charge is -2.41. The molecule has 2 aromatic carbocycles. The van der Waals surface area contributed by atoms with Gasteiger partial charge in [0.2, 0.25) is 6.79 Å². The highest BCUT2D eigenvalue weighted by molar-refractivity contribution is 5.54. The van der Waals surface area contributed by atoms with Gasteiger partial charge in [0.25, 0.3) is 0 Å². The van der Waals surface area contributed by atoms with Crippen LogP contribution in [-0.4, -0.2) is 28.5 Å². The van der Waals surface area contributed by atoms with Gasteiger partial charge in [-0.15, -0.1) is 0 Å². The second-order valence-electron chi connectivity index (χ2n) is 6.42. The van der Waals surface area contributed by atoms with Crippen molar-refractivity contribution in [1.29, 1.82) is 0 Å². The predicted octanol–water partition coefficient (Wildman–Crippen LogP) is 2.48. The summed E-state index contributed by atoms with van der Waals surface area (Å²) < 4.78 is 11.0. The van der Waals surface area contributed by atoms with E-state index in [2.05, 4.69) is 17.0 Å². The minimum atomic E-state index is -0.0389. The van der Waals surface area contributed by atoms with E-state index in [-0.39, 0.29) is 17.5 Å². The molecule has 3 aliphatic rings. The van der Waals surface area contributed by atoms with Crippen LogP contribution in [0.25, 0.3) is 0 Å². The Bertz CT molecular complexity index is 817. The lowest BCUT2D eigenvalue weighted by atomic mass is 9.83. The minimum Gasteiger partial charge on any atom is -0.504 e. The van der Waals surface area contributed by atoms with Crippen LogP contribution in [0.15, 0.2) is 24.3 Å². The fourth-order valence-electron chi connectivity index (χ4n) is 4.02. The fourth-order valence-corrected chi connectivity index (χ4v) is 4.02. The van der Waals surface area contributed by atoms with E-state index in [0.29, 0.717) is 13.3 Å². The van der Waals surface area contributed by atoms with Crippen molar-refractivity contribution in [2.24, 2.45) is 0 Å². The van der Waals surface area contributed by atoms with Crippen molar-refractivity contribution in [3.8, 4) is 23.0 Å². The van der Waals surface area contributed by atoms with E-state index in [9.17, 15) is 10.2 Å². The average molecular weight is 311 g/mol. The molecule has 23 heavy (non-hydrogen) atoms. The van der Waals surface area contributed by atoms with Gasteiger partial charge in [0.1, 0.15) is 0 Å². The van der Waals surface area contributed by atoms with Crippen LogP contribution < -0.4 is 9.47 Å². The van der Waals surface area contributed by atoms with Gasteiger partial charge in [0.15, 0.2) is 23.0 Å². The summed E-state index contributed by atoms with van der Waals surface area (Å²) >= 11 is 0. The first kappa shape index (κ1) is 13.1. The standard InChI is InChI=1S/C18H17NO4/c20-15-2-1-10-5-14-12-7-17-16(22-9-23-17)6-11(12)3-4-19(14)8-13(10)18(15)21/h1-2,6-7,14,20-21H,3-5,8-9H2. The lowest BCUT2D eigenvalue weighted by molar-refractivity contribution is 0.158. The normalized spacial score (nSPS) is 21.5. The van der Waals surface area contributed by atoms with Crippen molar-refractivity contribution in [1.82, 2.24) is 4.90 Å². The van der Waals surface area contributed by atoms with Crippen molar-refractivity contribution in [2.75, 3.05) is 13.3 Å². The van der Waals surface area contributed by atoms with Crippen LogP contribution in [0.5, 0.6) is 23.0 Å². The monoisotopic (exact) mass is 311 g/mol. The van der Waals surface area contributed by atoms with E-state index >= 15 is 0 Å². The largest absolute Gasteiger partial charge is 0.504 e. The van der Waals surface area contributed by atoms with Gasteiger partial charge in [-0.25, -0.2) is 0 Å². The maximum atomic E-state index is 10.1. The first-order valence-corrected chi connectivity index (χ1v) is 7.90. The summed E-state index contributed by atoms with van der Waals surface area (Å²) in [6, 6.07) is 8.00. The zero-order chi connectivity index (χ0) is 15.6. The number of phenols is 2. The van der Waals surface area contributed by atoms with Crippen LogP contribution in [-0.2, 0) is 19.4 Å². The molecule has 0 amide bonds. The van der Waals surface area contributed by atoms with Crippen molar-refractivity contribution >= 4 is 0 Å². The number of hydrogen-bond donors (Lipinski definition) is 2. The number of benzene rings is 2. The number of hydrogen-bond acceptors (Lipinski definition) is 5. The summed E-state index contributed by atoms with van der Waals surface area (Å²) in [7, 11) is 0.